The fourth-order valence-corrected chi connectivity index (χ4v) is 6.10. The van der Waals surface area contributed by atoms with Crippen molar-refractivity contribution in [3.8, 4) is 0 Å². The van der Waals surface area contributed by atoms with E-state index in [-0.39, 0.29) is 74.9 Å². The molecule has 2 atom stereocenters. The molecule has 18 nitrogen and oxygen atoms in total. The van der Waals surface area contributed by atoms with Crippen LogP contribution in [0.15, 0.2) is 0 Å². The van der Waals surface area contributed by atoms with Crippen molar-refractivity contribution in [1.29, 1.82) is 0 Å². The lowest BCUT2D eigenvalue weighted by Gasteiger charge is -2.37. The highest BCUT2D eigenvalue weighted by Crippen LogP contribution is 2.45. The van der Waals surface area contributed by atoms with Gasteiger partial charge in [0, 0.05) is 86.6 Å². The van der Waals surface area contributed by atoms with Crippen LogP contribution in [0.25, 0.3) is 0 Å². The molecule has 1 aliphatic rings. The lowest BCUT2D eigenvalue weighted by Crippen LogP contribution is -2.52. The smallest absolute Gasteiger partial charge is 0.268 e. The summed E-state index contributed by atoms with van der Waals surface area (Å²) in [4.78, 5) is 87.7. The van der Waals surface area contributed by atoms with Gasteiger partial charge >= 0.3 is 0 Å². The molecule has 0 bridgehead atoms. The molecule has 0 aromatic heterocycles. The molecule has 0 radical (unpaired) electrons. The molecule has 1 rings (SSSR count). The Morgan fingerprint density at radius 2 is 1.12 bits per heavy atom. The van der Waals surface area contributed by atoms with Gasteiger partial charge in [-0.15, -0.1) is 0 Å². The maximum atomic E-state index is 13.2. The van der Waals surface area contributed by atoms with Crippen LogP contribution in [0.2, 0.25) is 0 Å². The summed E-state index contributed by atoms with van der Waals surface area (Å²) in [6.07, 6.45) is 2.21. The number of phosphoric ester groups is 1. The number of carbonyl (C=O) groups is 6. The molecule has 0 aromatic carbocycles. The fourth-order valence-electron chi connectivity index (χ4n) is 5.10. The van der Waals surface area contributed by atoms with E-state index in [2.05, 4.69) is 45.7 Å². The van der Waals surface area contributed by atoms with E-state index in [9.17, 15) is 38.2 Å². The Balaban J connectivity index is 2.95. The number of phosphoric acid groups is 1. The van der Waals surface area contributed by atoms with Crippen LogP contribution in [0.5, 0.6) is 0 Å². The van der Waals surface area contributed by atoms with Gasteiger partial charge in [0.05, 0.1) is 31.8 Å². The molecule has 6 amide bonds. The van der Waals surface area contributed by atoms with Gasteiger partial charge in [0.25, 0.3) is 7.82 Å². The minimum Gasteiger partial charge on any atom is -0.756 e. The quantitative estimate of drug-likeness (QED) is 0.0603. The summed E-state index contributed by atoms with van der Waals surface area (Å²) >= 11 is 0. The van der Waals surface area contributed by atoms with Gasteiger partial charge in [-0.1, -0.05) is 13.8 Å². The first kappa shape index (κ1) is 44.9. The van der Waals surface area contributed by atoms with Crippen LogP contribution in [0.4, 0.5) is 0 Å². The first-order valence-electron chi connectivity index (χ1n) is 17.0. The molecule has 50 heavy (non-hydrogen) atoms. The van der Waals surface area contributed by atoms with Crippen molar-refractivity contribution >= 4 is 43.3 Å². The fraction of sp³-hybridized carbons (Fsp3) is 0.806. The summed E-state index contributed by atoms with van der Waals surface area (Å²) in [6, 6.07) is -0.984. The molecule has 288 valence electrons. The molecule has 0 aliphatic heterocycles. The molecule has 0 aromatic rings. The third kappa shape index (κ3) is 23.3. The number of rotatable bonds is 24. The Labute approximate surface area is 295 Å². The molecule has 0 saturated heterocycles. The Hall–Kier alpha value is -3.15. The summed E-state index contributed by atoms with van der Waals surface area (Å²) < 4.78 is 23.3. The van der Waals surface area contributed by atoms with E-state index in [1.807, 2.05) is 0 Å². The highest BCUT2D eigenvalue weighted by Gasteiger charge is 2.30. The number of amides is 6. The van der Waals surface area contributed by atoms with E-state index in [0.29, 0.717) is 39.0 Å². The molecule has 1 saturated carbocycles. The lowest BCUT2D eigenvalue weighted by atomic mass is 9.76. The minimum absolute atomic E-state index is 0.1000. The third-order valence-corrected chi connectivity index (χ3v) is 8.87. The van der Waals surface area contributed by atoms with E-state index in [1.54, 1.807) is 9.80 Å². The summed E-state index contributed by atoms with van der Waals surface area (Å²) in [5.41, 5.74) is 0.1000. The van der Waals surface area contributed by atoms with Crippen molar-refractivity contribution in [3.05, 3.63) is 0 Å². The van der Waals surface area contributed by atoms with Crippen molar-refractivity contribution < 1.29 is 47.3 Å². The third-order valence-electron chi connectivity index (χ3n) is 7.85. The number of hydrogen-bond acceptors (Lipinski definition) is 12. The normalized spacial score (nSPS) is 16.2. The molecule has 1 fully saturated rings. The first-order chi connectivity index (χ1) is 23.4. The van der Waals surface area contributed by atoms with Crippen LogP contribution in [0, 0.1) is 5.41 Å². The van der Waals surface area contributed by atoms with E-state index in [1.165, 1.54) is 27.7 Å². The van der Waals surface area contributed by atoms with Crippen LogP contribution < -0.4 is 36.8 Å². The predicted molar refractivity (Wildman–Crippen MR) is 183 cm³/mol. The van der Waals surface area contributed by atoms with Crippen molar-refractivity contribution in [3.63, 3.8) is 0 Å². The van der Waals surface area contributed by atoms with Crippen LogP contribution in [0.1, 0.15) is 67.2 Å². The molecular formula is C31H58N8O10P-. The topological polar surface area (TPSA) is 240 Å². The molecule has 0 heterocycles. The second-order valence-corrected chi connectivity index (χ2v) is 14.6. The number of hydrogen-bond donors (Lipinski definition) is 6. The molecular weight excluding hydrogens is 675 g/mol. The highest BCUT2D eigenvalue weighted by molar-refractivity contribution is 7.45. The van der Waals surface area contributed by atoms with Crippen LogP contribution >= 0.6 is 7.82 Å². The summed E-state index contributed by atoms with van der Waals surface area (Å²) in [6.45, 7) is 11.0. The van der Waals surface area contributed by atoms with Crippen LogP contribution in [0.3, 0.4) is 0 Å². The molecule has 6 N–H and O–H groups in total. The van der Waals surface area contributed by atoms with Gasteiger partial charge in [0.2, 0.25) is 35.4 Å². The molecule has 19 heteroatoms. The Morgan fingerprint density at radius 1 is 0.720 bits per heavy atom. The summed E-state index contributed by atoms with van der Waals surface area (Å²) in [5.74, 6) is -1.91. The van der Waals surface area contributed by atoms with Crippen molar-refractivity contribution in [1.82, 2.24) is 41.7 Å². The number of carbonyl (C=O) groups excluding carboxylic acids is 6. The molecule has 1 aliphatic carbocycles. The van der Waals surface area contributed by atoms with Gasteiger partial charge in [-0.05, 0) is 31.1 Å². The lowest BCUT2D eigenvalue weighted by molar-refractivity contribution is -0.231. The Kier molecular flexibility index (Phi) is 21.0. The standard InChI is InChI=1S/C31H59N8O10P/c1-23(40)32-11-15-38(16-12-33-24(2)41)20-29(44)36-19-27(22-48-50(46,47)49-28-7-9-31(5,6)10-8-28)37-30(45)21-39(17-13-34-25(3)42)18-14-35-26(4)43/h27-28H,7-22H2,1-6H3,(H,32,40)(H,33,41)(H,34,42)(H,35,43)(H,36,44)(H,37,45)(H,46,47)/p-1. The summed E-state index contributed by atoms with van der Waals surface area (Å²) in [5, 5.41) is 16.0. The maximum absolute atomic E-state index is 13.2. The highest BCUT2D eigenvalue weighted by atomic mass is 31.2. The number of nitrogens with one attached hydrogen (secondary N) is 6. The van der Waals surface area contributed by atoms with Gasteiger partial charge in [0.1, 0.15) is 0 Å². The molecule has 0 spiro atoms. The number of nitrogens with zero attached hydrogens (tertiary/aromatic N) is 2. The average molecular weight is 734 g/mol. The zero-order chi connectivity index (χ0) is 37.7. The predicted octanol–water partition coefficient (Wildman–Crippen LogP) is -1.79. The maximum Gasteiger partial charge on any atom is 0.268 e. The second-order valence-electron chi connectivity index (χ2n) is 13.3. The van der Waals surface area contributed by atoms with E-state index < -0.39 is 38.4 Å². The van der Waals surface area contributed by atoms with Crippen molar-refractivity contribution in [2.24, 2.45) is 5.41 Å². The zero-order valence-electron chi connectivity index (χ0n) is 30.4. The SMILES string of the molecule is CC(=O)NCCN(CCNC(C)=O)CC(=O)NCC(COP(=O)([O-])OC1CCC(C)(C)CC1)NC(=O)CN(CCNC(C)=O)CCNC(C)=O. The Bertz CT molecular complexity index is 1120. The largest absolute Gasteiger partial charge is 0.756 e. The van der Waals surface area contributed by atoms with Crippen molar-refractivity contribution in [2.45, 2.75) is 79.4 Å². The Morgan fingerprint density at radius 3 is 1.52 bits per heavy atom. The second kappa shape index (κ2) is 23.3. The van der Waals surface area contributed by atoms with Gasteiger partial charge in [-0.2, -0.15) is 0 Å². The van der Waals surface area contributed by atoms with E-state index in [0.717, 1.165) is 12.8 Å². The van der Waals surface area contributed by atoms with Crippen molar-refractivity contribution in [2.75, 3.05) is 78.6 Å². The van der Waals surface area contributed by atoms with Gasteiger partial charge in [-0.3, -0.25) is 43.1 Å². The minimum atomic E-state index is -4.77. The molecule has 2 unspecified atom stereocenters. The van der Waals surface area contributed by atoms with E-state index >= 15 is 0 Å². The van der Waals surface area contributed by atoms with Gasteiger partial charge in [-0.25, -0.2) is 0 Å². The monoisotopic (exact) mass is 733 g/mol. The first-order valence-corrected chi connectivity index (χ1v) is 18.4. The summed E-state index contributed by atoms with van der Waals surface area (Å²) in [7, 11) is -4.77. The van der Waals surface area contributed by atoms with Crippen LogP contribution in [-0.4, -0.2) is 136 Å². The van der Waals surface area contributed by atoms with Crippen LogP contribution in [-0.2, 0) is 42.4 Å². The van der Waals surface area contributed by atoms with Gasteiger partial charge in [0.15, 0.2) is 0 Å². The van der Waals surface area contributed by atoms with E-state index in [4.69, 9.17) is 9.05 Å². The van der Waals surface area contributed by atoms with Gasteiger partial charge < -0.3 is 45.8 Å². The zero-order valence-corrected chi connectivity index (χ0v) is 31.3. The average Bonchev–Trinajstić information content (AvgIpc) is 2.98.